The molecule has 11 heteroatoms. The molecule has 5 rings (SSSR count). The second-order valence-electron chi connectivity index (χ2n) is 7.06. The maximum Gasteiger partial charge on any atom is 0.333 e. The van der Waals surface area contributed by atoms with Gasteiger partial charge in [-0.2, -0.15) is 5.10 Å². The van der Waals surface area contributed by atoms with Crippen LogP contribution in [-0.2, 0) is 7.05 Å². The monoisotopic (exact) mass is 465 g/mol. The number of aromatic nitrogens is 5. The molecule has 0 aliphatic carbocycles. The summed E-state index contributed by atoms with van der Waals surface area (Å²) in [6.07, 6.45) is 5.75. The van der Waals surface area contributed by atoms with E-state index in [9.17, 15) is 9.59 Å². The van der Waals surface area contributed by atoms with E-state index < -0.39 is 11.2 Å². The molecule has 0 aliphatic rings. The fraction of sp³-hybridized carbons (Fsp3) is 0.0952. The predicted molar refractivity (Wildman–Crippen MR) is 128 cm³/mol. The Morgan fingerprint density at radius 1 is 1.25 bits per heavy atom. The highest BCUT2D eigenvalue weighted by Crippen LogP contribution is 2.40. The number of aromatic amines is 1. The molecule has 4 heterocycles. The van der Waals surface area contributed by atoms with E-state index >= 15 is 0 Å². The molecule has 9 nitrogen and oxygen atoms in total. The van der Waals surface area contributed by atoms with Crippen molar-refractivity contribution >= 4 is 56.0 Å². The molecule has 0 bridgehead atoms. The highest BCUT2D eigenvalue weighted by atomic mass is 35.5. The number of hydrogen-bond acceptors (Lipinski definition) is 7. The molecule has 0 amide bonds. The molecular weight excluding hydrogens is 450 g/mol. The van der Waals surface area contributed by atoms with Crippen molar-refractivity contribution in [1.82, 2.24) is 24.3 Å². The van der Waals surface area contributed by atoms with Gasteiger partial charge in [-0.1, -0.05) is 11.6 Å². The molecule has 0 atom stereocenters. The fourth-order valence-corrected chi connectivity index (χ4v) is 5.26. The molecular formula is C21H16ClN7O2S. The summed E-state index contributed by atoms with van der Waals surface area (Å²) in [6, 6.07) is 5.44. The maximum atomic E-state index is 13.4. The van der Waals surface area contributed by atoms with Crippen LogP contribution in [-0.4, -0.2) is 37.6 Å². The first kappa shape index (κ1) is 20.2. The number of rotatable bonds is 4. The Morgan fingerprint density at radius 2 is 2.06 bits per heavy atom. The quantitative estimate of drug-likeness (QED) is 0.351. The summed E-state index contributed by atoms with van der Waals surface area (Å²) in [5, 5.41) is 16.2. The van der Waals surface area contributed by atoms with Crippen molar-refractivity contribution in [2.75, 3.05) is 12.4 Å². The number of fused-ring (bicyclic) bond motifs is 2. The van der Waals surface area contributed by atoms with E-state index in [1.54, 1.807) is 30.1 Å². The number of nitrogens with one attached hydrogen (secondary N) is 3. The number of nitrogens with zero attached hydrogens (tertiary/aromatic N) is 4. The van der Waals surface area contributed by atoms with E-state index in [-0.39, 0.29) is 5.69 Å². The van der Waals surface area contributed by atoms with Gasteiger partial charge in [0.25, 0.3) is 5.56 Å². The number of benzene rings is 1. The van der Waals surface area contributed by atoms with E-state index in [1.165, 1.54) is 23.7 Å². The van der Waals surface area contributed by atoms with Gasteiger partial charge in [0.2, 0.25) is 0 Å². The van der Waals surface area contributed by atoms with Crippen LogP contribution in [0.2, 0.25) is 5.02 Å². The van der Waals surface area contributed by atoms with Crippen molar-refractivity contribution in [2.24, 2.45) is 7.05 Å². The summed E-state index contributed by atoms with van der Waals surface area (Å²) >= 11 is 7.77. The van der Waals surface area contributed by atoms with E-state index in [4.69, 9.17) is 17.0 Å². The lowest BCUT2D eigenvalue weighted by Gasteiger charge is -2.12. The first-order valence-corrected chi connectivity index (χ1v) is 10.7. The van der Waals surface area contributed by atoms with Crippen LogP contribution in [0, 0.1) is 5.41 Å². The van der Waals surface area contributed by atoms with Gasteiger partial charge in [0.15, 0.2) is 0 Å². The van der Waals surface area contributed by atoms with E-state index in [0.717, 1.165) is 32.1 Å². The van der Waals surface area contributed by atoms with Crippen molar-refractivity contribution in [3.63, 3.8) is 0 Å². The van der Waals surface area contributed by atoms with Crippen molar-refractivity contribution in [1.29, 1.82) is 5.41 Å². The zero-order valence-corrected chi connectivity index (χ0v) is 18.5. The largest absolute Gasteiger partial charge is 0.386 e. The molecule has 32 heavy (non-hydrogen) atoms. The average molecular weight is 466 g/mol. The number of H-pyrrole nitrogens is 1. The van der Waals surface area contributed by atoms with Gasteiger partial charge in [-0.15, -0.1) is 11.3 Å². The topological polar surface area (TPSA) is 121 Å². The highest BCUT2D eigenvalue weighted by molar-refractivity contribution is 7.22. The molecule has 0 unspecified atom stereocenters. The van der Waals surface area contributed by atoms with Crippen molar-refractivity contribution in [3.05, 3.63) is 68.2 Å². The summed E-state index contributed by atoms with van der Waals surface area (Å²) in [7, 11) is 3.50. The second-order valence-corrected chi connectivity index (χ2v) is 8.52. The lowest BCUT2D eigenvalue weighted by molar-refractivity contribution is 0.797. The van der Waals surface area contributed by atoms with Crippen molar-refractivity contribution < 1.29 is 0 Å². The minimum Gasteiger partial charge on any atom is -0.386 e. The Bertz CT molecular complexity index is 1660. The third kappa shape index (κ3) is 2.88. The van der Waals surface area contributed by atoms with Crippen LogP contribution < -0.4 is 16.6 Å². The number of hydrogen-bond donors (Lipinski definition) is 3. The van der Waals surface area contributed by atoms with Crippen LogP contribution in [0.1, 0.15) is 5.56 Å². The van der Waals surface area contributed by atoms with Crippen LogP contribution in [0.15, 0.2) is 46.4 Å². The van der Waals surface area contributed by atoms with Crippen molar-refractivity contribution in [3.8, 4) is 16.1 Å². The Balaban J connectivity index is 1.80. The SMILES string of the molecule is CNc1c(C=N)cncc1-n1c(=O)[nH]c2cc(-c3c(Cl)ccc4c3cnn4C)sc2c1=O. The molecule has 3 N–H and O–H groups in total. The predicted octanol–water partition coefficient (Wildman–Crippen LogP) is 3.38. The normalized spacial score (nSPS) is 11.3. The Morgan fingerprint density at radius 3 is 2.81 bits per heavy atom. The van der Waals surface area contributed by atoms with Crippen LogP contribution in [0.5, 0.6) is 0 Å². The number of halogens is 1. The smallest absolute Gasteiger partial charge is 0.333 e. The molecule has 0 spiro atoms. The molecule has 5 aromatic rings. The summed E-state index contributed by atoms with van der Waals surface area (Å²) < 4.78 is 3.15. The van der Waals surface area contributed by atoms with Gasteiger partial charge in [0, 0.05) is 47.9 Å². The summed E-state index contributed by atoms with van der Waals surface area (Å²) in [4.78, 5) is 33.9. The summed E-state index contributed by atoms with van der Waals surface area (Å²) in [6.45, 7) is 0. The molecule has 0 fully saturated rings. The minimum absolute atomic E-state index is 0.268. The molecule has 4 aromatic heterocycles. The lowest BCUT2D eigenvalue weighted by atomic mass is 10.1. The maximum absolute atomic E-state index is 13.4. The minimum atomic E-state index is -0.599. The van der Waals surface area contributed by atoms with Gasteiger partial charge >= 0.3 is 5.69 Å². The molecule has 160 valence electrons. The first-order valence-electron chi connectivity index (χ1n) is 9.50. The average Bonchev–Trinajstić information content (AvgIpc) is 3.37. The number of thiophene rings is 1. The van der Waals surface area contributed by atoms with Gasteiger partial charge in [0.05, 0.1) is 39.8 Å². The van der Waals surface area contributed by atoms with Crippen LogP contribution in [0.4, 0.5) is 5.69 Å². The van der Waals surface area contributed by atoms with Gasteiger partial charge in [-0.3, -0.25) is 14.5 Å². The van der Waals surface area contributed by atoms with Crippen LogP contribution in [0.3, 0.4) is 0 Å². The van der Waals surface area contributed by atoms with Gasteiger partial charge in [-0.25, -0.2) is 9.36 Å². The van der Waals surface area contributed by atoms with E-state index in [1.807, 2.05) is 13.1 Å². The van der Waals surface area contributed by atoms with Gasteiger partial charge in [0.1, 0.15) is 4.70 Å². The van der Waals surface area contributed by atoms with E-state index in [2.05, 4.69) is 20.4 Å². The lowest BCUT2D eigenvalue weighted by Crippen LogP contribution is -2.33. The number of aryl methyl sites for hydroxylation is 1. The highest BCUT2D eigenvalue weighted by Gasteiger charge is 2.19. The zero-order valence-electron chi connectivity index (χ0n) is 16.9. The summed E-state index contributed by atoms with van der Waals surface area (Å²) in [5.41, 5.74) is 2.20. The molecule has 0 saturated carbocycles. The Labute approximate surface area is 189 Å². The second kappa shape index (κ2) is 7.43. The molecule has 0 saturated heterocycles. The fourth-order valence-electron chi connectivity index (χ4n) is 3.82. The Kier molecular flexibility index (Phi) is 4.68. The van der Waals surface area contributed by atoms with Crippen LogP contribution in [0.25, 0.3) is 37.2 Å². The van der Waals surface area contributed by atoms with Gasteiger partial charge < -0.3 is 15.7 Å². The van der Waals surface area contributed by atoms with Gasteiger partial charge in [-0.05, 0) is 18.2 Å². The standard InChI is InChI=1S/C21H16ClN7O2S/c1-24-18-10(6-23)7-25-9-15(18)29-20(30)19-13(27-21(29)31)5-16(32-19)17-11-8-26-28(2)14(11)4-3-12(17)22/h3-9,23H,1-2H3,(H,24,25)(H,27,31). The summed E-state index contributed by atoms with van der Waals surface area (Å²) in [5.74, 6) is 0. The first-order chi connectivity index (χ1) is 15.4. The third-order valence-corrected chi connectivity index (χ3v) is 6.76. The molecule has 0 radical (unpaired) electrons. The third-order valence-electron chi connectivity index (χ3n) is 5.30. The van der Waals surface area contributed by atoms with Crippen LogP contribution >= 0.6 is 22.9 Å². The van der Waals surface area contributed by atoms with Crippen molar-refractivity contribution in [2.45, 2.75) is 0 Å². The zero-order chi connectivity index (χ0) is 22.6. The van der Waals surface area contributed by atoms with E-state index in [0.29, 0.717) is 26.5 Å². The Hall–Kier alpha value is -3.76. The number of pyridine rings is 1. The molecule has 1 aromatic carbocycles. The molecule has 0 aliphatic heterocycles. The number of anilines is 1.